The van der Waals surface area contributed by atoms with E-state index in [0.717, 1.165) is 4.68 Å². The van der Waals surface area contributed by atoms with E-state index in [2.05, 4.69) is 26.1 Å². The first-order chi connectivity index (χ1) is 10.1. The lowest BCUT2D eigenvalue weighted by molar-refractivity contribution is -0.121. The molecular weight excluding hydrogens is 278 g/mol. The Morgan fingerprint density at radius 1 is 1.38 bits per heavy atom. The van der Waals surface area contributed by atoms with Gasteiger partial charge in [-0.15, -0.1) is 5.10 Å². The highest BCUT2D eigenvalue weighted by molar-refractivity contribution is 5.86. The van der Waals surface area contributed by atoms with Gasteiger partial charge in [0.25, 0.3) is 5.91 Å². The lowest BCUT2D eigenvalue weighted by Crippen LogP contribution is -2.33. The first-order valence-electron chi connectivity index (χ1n) is 5.93. The second-order valence-electron chi connectivity index (χ2n) is 3.94. The van der Waals surface area contributed by atoms with Gasteiger partial charge in [0.2, 0.25) is 0 Å². The number of carboxylic acid groups (broad SMARTS) is 1. The summed E-state index contributed by atoms with van der Waals surface area (Å²) >= 11 is 0. The molecule has 0 aromatic carbocycles. The molecule has 2 heterocycles. The third kappa shape index (κ3) is 3.51. The molecule has 0 atom stereocenters. The van der Waals surface area contributed by atoms with Gasteiger partial charge in [-0.3, -0.25) is 15.6 Å². The van der Waals surface area contributed by atoms with Gasteiger partial charge in [-0.1, -0.05) is 11.3 Å². The molecule has 2 rings (SSSR count). The van der Waals surface area contributed by atoms with Crippen LogP contribution in [-0.4, -0.2) is 37.0 Å². The molecule has 2 aromatic heterocycles. The third-order valence-corrected chi connectivity index (χ3v) is 2.52. The van der Waals surface area contributed by atoms with Crippen molar-refractivity contribution >= 4 is 17.7 Å². The van der Waals surface area contributed by atoms with Crippen LogP contribution in [0.2, 0.25) is 0 Å². The maximum Gasteiger partial charge on any atom is 0.358 e. The number of rotatable bonds is 6. The Balaban J connectivity index is 1.98. The summed E-state index contributed by atoms with van der Waals surface area (Å²) in [5.41, 5.74) is 10.4. The third-order valence-electron chi connectivity index (χ3n) is 2.52. The molecule has 0 unspecified atom stereocenters. The van der Waals surface area contributed by atoms with E-state index in [4.69, 9.17) is 10.8 Å². The summed E-state index contributed by atoms with van der Waals surface area (Å²) in [6.45, 7) is -0.303. The molecule has 0 aliphatic heterocycles. The van der Waals surface area contributed by atoms with Crippen LogP contribution in [0.4, 0.5) is 5.82 Å². The molecule has 2 aromatic rings. The van der Waals surface area contributed by atoms with Gasteiger partial charge in [-0.05, 0) is 12.1 Å². The highest BCUT2D eigenvalue weighted by Gasteiger charge is 2.18. The number of hydrazine groups is 1. The largest absolute Gasteiger partial charge is 0.476 e. The predicted molar refractivity (Wildman–Crippen MR) is 70.9 cm³/mol. The minimum absolute atomic E-state index is 0.0877. The summed E-state index contributed by atoms with van der Waals surface area (Å²) in [6, 6.07) is 5.16. The Bertz CT molecular complexity index is 641. The Labute approximate surface area is 118 Å². The lowest BCUT2D eigenvalue weighted by atomic mass is 10.3. The molecule has 10 nitrogen and oxygen atoms in total. The van der Waals surface area contributed by atoms with Crippen molar-refractivity contribution in [3.63, 3.8) is 0 Å². The van der Waals surface area contributed by atoms with Crippen LogP contribution in [0.5, 0.6) is 0 Å². The van der Waals surface area contributed by atoms with Crippen LogP contribution >= 0.6 is 0 Å². The fourth-order valence-electron chi connectivity index (χ4n) is 1.57. The predicted octanol–water partition coefficient (Wildman–Crippen LogP) is -1.03. The number of carboxylic acids is 1. The number of nitrogens with zero attached hydrogens (tertiary/aromatic N) is 4. The summed E-state index contributed by atoms with van der Waals surface area (Å²) in [4.78, 5) is 26.6. The van der Waals surface area contributed by atoms with Crippen LogP contribution < -0.4 is 16.6 Å². The number of nitrogens with one attached hydrogen (secondary N) is 2. The van der Waals surface area contributed by atoms with Crippen molar-refractivity contribution in [1.29, 1.82) is 0 Å². The number of hydrogen-bond acceptors (Lipinski definition) is 7. The van der Waals surface area contributed by atoms with Crippen molar-refractivity contribution < 1.29 is 14.7 Å². The molecule has 1 amide bonds. The topological polar surface area (TPSA) is 148 Å². The van der Waals surface area contributed by atoms with Crippen LogP contribution in [0.1, 0.15) is 16.2 Å². The average molecular weight is 291 g/mol. The van der Waals surface area contributed by atoms with Gasteiger partial charge in [0.1, 0.15) is 12.4 Å². The molecule has 21 heavy (non-hydrogen) atoms. The Morgan fingerprint density at radius 3 is 2.81 bits per heavy atom. The van der Waals surface area contributed by atoms with Gasteiger partial charge >= 0.3 is 5.97 Å². The average Bonchev–Trinajstić information content (AvgIpc) is 2.89. The number of carbonyl (C=O) groups excluding carboxylic acids is 1. The first-order valence-corrected chi connectivity index (χ1v) is 5.93. The highest BCUT2D eigenvalue weighted by Crippen LogP contribution is 2.04. The van der Waals surface area contributed by atoms with Crippen LogP contribution in [0, 0.1) is 0 Å². The van der Waals surface area contributed by atoms with Gasteiger partial charge < -0.3 is 10.8 Å². The number of pyridine rings is 1. The minimum atomic E-state index is -1.24. The summed E-state index contributed by atoms with van der Waals surface area (Å²) in [5.74, 6) is -1.22. The van der Waals surface area contributed by atoms with Gasteiger partial charge in [0.15, 0.2) is 5.69 Å². The van der Waals surface area contributed by atoms with E-state index >= 15 is 0 Å². The summed E-state index contributed by atoms with van der Waals surface area (Å²) in [6.07, 6.45) is 1.57. The van der Waals surface area contributed by atoms with E-state index < -0.39 is 11.9 Å². The molecule has 110 valence electrons. The Hall–Kier alpha value is -3.01. The highest BCUT2D eigenvalue weighted by atomic mass is 16.4. The minimum Gasteiger partial charge on any atom is -0.476 e. The Kier molecular flexibility index (Phi) is 4.41. The van der Waals surface area contributed by atoms with Crippen LogP contribution in [0.15, 0.2) is 24.4 Å². The molecule has 0 aliphatic rings. The zero-order valence-corrected chi connectivity index (χ0v) is 10.9. The van der Waals surface area contributed by atoms with Crippen LogP contribution in [0.25, 0.3) is 0 Å². The SMILES string of the molecule is NCc1c(C(=O)O)nnn1CC(=O)NNc1ccccn1. The maximum absolute atomic E-state index is 11.8. The molecule has 0 aliphatic carbocycles. The summed E-state index contributed by atoms with van der Waals surface area (Å²) < 4.78 is 1.14. The first kappa shape index (κ1) is 14.4. The van der Waals surface area contributed by atoms with E-state index in [9.17, 15) is 9.59 Å². The number of carbonyl (C=O) groups is 2. The smallest absolute Gasteiger partial charge is 0.358 e. The Morgan fingerprint density at radius 2 is 2.19 bits per heavy atom. The van der Waals surface area contributed by atoms with Crippen molar-refractivity contribution in [2.45, 2.75) is 13.1 Å². The zero-order chi connectivity index (χ0) is 15.2. The number of hydrogen-bond donors (Lipinski definition) is 4. The molecule has 0 fully saturated rings. The summed E-state index contributed by atoms with van der Waals surface area (Å²) in [7, 11) is 0. The molecule has 0 radical (unpaired) electrons. The molecule has 10 heteroatoms. The van der Waals surface area contributed by atoms with Gasteiger partial charge in [-0.25, -0.2) is 14.5 Å². The number of nitrogens with two attached hydrogens (primary N) is 1. The van der Waals surface area contributed by atoms with Gasteiger partial charge in [0, 0.05) is 12.7 Å². The molecule has 0 bridgehead atoms. The number of aromatic carboxylic acids is 1. The number of aromatic nitrogens is 4. The molecule has 0 spiro atoms. The lowest BCUT2D eigenvalue weighted by Gasteiger charge is -2.08. The number of anilines is 1. The fourth-order valence-corrected chi connectivity index (χ4v) is 1.57. The van der Waals surface area contributed by atoms with Crippen LogP contribution in [-0.2, 0) is 17.9 Å². The van der Waals surface area contributed by atoms with Crippen molar-refractivity contribution in [3.05, 3.63) is 35.8 Å². The second-order valence-corrected chi connectivity index (χ2v) is 3.94. The zero-order valence-electron chi connectivity index (χ0n) is 10.9. The number of amides is 1. The van der Waals surface area contributed by atoms with Crippen molar-refractivity contribution in [2.75, 3.05) is 5.43 Å². The summed E-state index contributed by atoms with van der Waals surface area (Å²) in [5, 5.41) is 16.0. The van der Waals surface area contributed by atoms with E-state index in [1.807, 2.05) is 0 Å². The van der Waals surface area contributed by atoms with Crippen LogP contribution in [0.3, 0.4) is 0 Å². The van der Waals surface area contributed by atoms with Crippen molar-refractivity contribution in [3.8, 4) is 0 Å². The monoisotopic (exact) mass is 291 g/mol. The molecule has 0 saturated heterocycles. The van der Waals surface area contributed by atoms with E-state index in [-0.39, 0.29) is 24.5 Å². The van der Waals surface area contributed by atoms with E-state index in [1.54, 1.807) is 24.4 Å². The fraction of sp³-hybridized carbons (Fsp3) is 0.182. The van der Waals surface area contributed by atoms with E-state index in [0.29, 0.717) is 5.82 Å². The quantitative estimate of drug-likeness (QED) is 0.494. The maximum atomic E-state index is 11.8. The van der Waals surface area contributed by atoms with Gasteiger partial charge in [-0.2, -0.15) is 0 Å². The van der Waals surface area contributed by atoms with Crippen molar-refractivity contribution in [1.82, 2.24) is 25.4 Å². The normalized spacial score (nSPS) is 10.1. The molecule has 5 N–H and O–H groups in total. The van der Waals surface area contributed by atoms with Crippen molar-refractivity contribution in [2.24, 2.45) is 5.73 Å². The standard InChI is InChI=1S/C11H13N7O3/c12-5-7-10(11(20)21)16-17-18(7)6-9(19)15-14-8-3-1-2-4-13-8/h1-4H,5-6,12H2,(H,13,14)(H,15,19)(H,20,21). The molecule has 0 saturated carbocycles. The van der Waals surface area contributed by atoms with E-state index in [1.165, 1.54) is 0 Å². The second kappa shape index (κ2) is 6.43. The molecular formula is C11H13N7O3. The van der Waals surface area contributed by atoms with Gasteiger partial charge in [0.05, 0.1) is 5.69 Å².